The minimum Gasteiger partial charge on any atom is -0.493 e. The molecule has 0 aromatic heterocycles. The molecule has 0 saturated heterocycles. The zero-order chi connectivity index (χ0) is 36.8. The molecule has 0 fully saturated rings. The number of nitro benzene ring substituents is 1. The molecule has 2 N–H and O–H groups in total. The van der Waals surface area contributed by atoms with Crippen molar-refractivity contribution >= 4 is 35.0 Å². The van der Waals surface area contributed by atoms with Crippen LogP contribution >= 0.6 is 0 Å². The van der Waals surface area contributed by atoms with Crippen molar-refractivity contribution < 1.29 is 33.6 Å². The Morgan fingerprint density at radius 2 is 1.35 bits per heavy atom. The van der Waals surface area contributed by atoms with Crippen LogP contribution in [-0.2, 0) is 6.61 Å². The number of hydrogen-bond acceptors (Lipinski definition) is 10. The average Bonchev–Trinajstić information content (AvgIpc) is 3.60. The summed E-state index contributed by atoms with van der Waals surface area (Å²) in [6.07, 6.45) is 0. The Morgan fingerprint density at radius 1 is 0.788 bits per heavy atom. The van der Waals surface area contributed by atoms with Crippen LogP contribution in [0.3, 0.4) is 0 Å². The summed E-state index contributed by atoms with van der Waals surface area (Å²) in [6.45, 7) is -0.0454. The summed E-state index contributed by atoms with van der Waals surface area (Å²) in [5.74, 6) is -1.17. The van der Waals surface area contributed by atoms with Gasteiger partial charge in [0, 0.05) is 5.69 Å². The van der Waals surface area contributed by atoms with Crippen LogP contribution in [0.1, 0.15) is 64.2 Å². The van der Waals surface area contributed by atoms with E-state index >= 15 is 0 Å². The number of hydrogen-bond donors (Lipinski definition) is 2. The lowest BCUT2D eigenvalue weighted by molar-refractivity contribution is -0.385. The van der Waals surface area contributed by atoms with Gasteiger partial charge in [-0.3, -0.25) is 39.5 Å². The molecule has 258 valence electrons. The van der Waals surface area contributed by atoms with E-state index < -0.39 is 22.8 Å². The van der Waals surface area contributed by atoms with Crippen molar-refractivity contribution in [3.8, 4) is 17.6 Å². The number of nitro groups is 1. The smallest absolute Gasteiger partial charge is 0.278 e. The number of ether oxygens (including phenoxy) is 2. The number of carbonyl (C=O) groups is 4. The molecule has 4 amide bonds. The Hall–Kier alpha value is -7.33. The van der Waals surface area contributed by atoms with Crippen molar-refractivity contribution in [3.05, 3.63) is 164 Å². The van der Waals surface area contributed by atoms with E-state index in [2.05, 4.69) is 10.6 Å². The van der Waals surface area contributed by atoms with Crippen molar-refractivity contribution in [2.75, 3.05) is 19.0 Å². The van der Waals surface area contributed by atoms with E-state index in [4.69, 9.17) is 14.7 Å². The minimum absolute atomic E-state index is 0.162. The zero-order valence-electron chi connectivity index (χ0n) is 27.6. The van der Waals surface area contributed by atoms with Crippen molar-refractivity contribution in [1.29, 1.82) is 5.26 Å². The number of rotatable bonds is 10. The molecule has 13 heteroatoms. The Bertz CT molecular complexity index is 2180. The molecule has 0 aliphatic carbocycles. The first-order chi connectivity index (χ1) is 25.2. The van der Waals surface area contributed by atoms with Crippen LogP contribution in [-0.4, -0.2) is 47.1 Å². The van der Waals surface area contributed by atoms with Gasteiger partial charge in [0.15, 0.2) is 11.5 Å². The van der Waals surface area contributed by atoms with Crippen LogP contribution in [0.5, 0.6) is 11.5 Å². The number of carbonyl (C=O) groups excluding carboxylic acids is 4. The number of fused-ring (bicyclic) bond motifs is 2. The standard InChI is InChI=1S/C31H24N4O6.C8H5NO2/c1-40-28-15-25(27(35(38)39)16-29(28)41-19-21-7-3-2-4-8-21)26(33-22-13-11-20(17-32)12-14-22)18-34-30(36)23-9-5-6-10-24(23)31(34)37;10-7-5-3-1-2-4-6(5)8(11)9-7/h2-16,26,33H,18-19H2,1H3;1-4H,(H,9,10,11). The van der Waals surface area contributed by atoms with Crippen molar-refractivity contribution in [3.63, 3.8) is 0 Å². The summed E-state index contributed by atoms with van der Waals surface area (Å²) < 4.78 is 11.4. The Kier molecular flexibility index (Phi) is 10.00. The van der Waals surface area contributed by atoms with Gasteiger partial charge in [0.2, 0.25) is 0 Å². The van der Waals surface area contributed by atoms with Crippen molar-refractivity contribution in [2.45, 2.75) is 12.6 Å². The molecular weight excluding hydrogens is 666 g/mol. The average molecular weight is 696 g/mol. The fourth-order valence-corrected chi connectivity index (χ4v) is 5.78. The molecule has 2 heterocycles. The highest BCUT2D eigenvalue weighted by atomic mass is 16.6. The van der Waals surface area contributed by atoms with Gasteiger partial charge in [0.05, 0.1) is 70.1 Å². The lowest BCUT2D eigenvalue weighted by atomic mass is 10.0. The molecular formula is C39H29N5O8. The fraction of sp³-hybridized carbons (Fsp3) is 0.103. The third-order valence-corrected chi connectivity index (χ3v) is 8.36. The van der Waals surface area contributed by atoms with Crippen LogP contribution in [0.25, 0.3) is 0 Å². The molecule has 13 nitrogen and oxygen atoms in total. The van der Waals surface area contributed by atoms with Gasteiger partial charge in [0.25, 0.3) is 29.3 Å². The molecule has 52 heavy (non-hydrogen) atoms. The largest absolute Gasteiger partial charge is 0.493 e. The van der Waals surface area contributed by atoms with Gasteiger partial charge in [-0.25, -0.2) is 0 Å². The normalized spacial score (nSPS) is 13.2. The minimum atomic E-state index is -0.914. The molecule has 7 rings (SSSR count). The number of anilines is 1. The lowest BCUT2D eigenvalue weighted by Crippen LogP contribution is -2.36. The van der Waals surface area contributed by atoms with E-state index in [1.54, 1.807) is 72.8 Å². The van der Waals surface area contributed by atoms with Gasteiger partial charge in [-0.2, -0.15) is 5.26 Å². The quantitative estimate of drug-likeness (QED) is 0.0988. The molecule has 0 radical (unpaired) electrons. The Balaban J connectivity index is 0.000000357. The number of nitrogens with zero attached hydrogens (tertiary/aromatic N) is 3. The Labute approximate surface area is 297 Å². The van der Waals surface area contributed by atoms with Crippen LogP contribution in [0.15, 0.2) is 115 Å². The van der Waals surface area contributed by atoms with E-state index in [0.29, 0.717) is 22.4 Å². The van der Waals surface area contributed by atoms with E-state index in [1.165, 1.54) is 19.2 Å². The summed E-state index contributed by atoms with van der Waals surface area (Å²) in [4.78, 5) is 61.1. The number of nitrogens with one attached hydrogen (secondary N) is 2. The highest BCUT2D eigenvalue weighted by Gasteiger charge is 2.38. The number of imide groups is 2. The van der Waals surface area contributed by atoms with Gasteiger partial charge in [-0.15, -0.1) is 0 Å². The topological polar surface area (TPSA) is 181 Å². The number of nitriles is 1. The van der Waals surface area contributed by atoms with Crippen LogP contribution in [0, 0.1) is 21.4 Å². The van der Waals surface area contributed by atoms with Gasteiger partial charge < -0.3 is 14.8 Å². The number of benzene rings is 5. The molecule has 5 aromatic carbocycles. The molecule has 0 bridgehead atoms. The van der Waals surface area contributed by atoms with Crippen molar-refractivity contribution in [2.24, 2.45) is 0 Å². The van der Waals surface area contributed by atoms with E-state index in [9.17, 15) is 29.3 Å². The third-order valence-electron chi connectivity index (χ3n) is 8.36. The van der Waals surface area contributed by atoms with Gasteiger partial charge in [0.1, 0.15) is 6.61 Å². The molecule has 1 unspecified atom stereocenters. The SMILES string of the molecule is COc1cc(C(CN2C(=O)c3ccccc3C2=O)Nc2ccc(C#N)cc2)c([N+](=O)[O-])cc1OCc1ccccc1.O=C1NC(=O)c2ccccc21. The third kappa shape index (κ3) is 7.17. The maximum Gasteiger partial charge on any atom is 0.278 e. The second kappa shape index (κ2) is 15.1. The van der Waals surface area contributed by atoms with Gasteiger partial charge in [-0.1, -0.05) is 54.6 Å². The van der Waals surface area contributed by atoms with E-state index in [1.807, 2.05) is 36.4 Å². The molecule has 1 atom stereocenters. The summed E-state index contributed by atoms with van der Waals surface area (Å²) in [6, 6.07) is 32.9. The predicted octanol–water partition coefficient (Wildman–Crippen LogP) is 6.07. The van der Waals surface area contributed by atoms with E-state index in [-0.39, 0.29) is 58.8 Å². The van der Waals surface area contributed by atoms with Crippen LogP contribution < -0.4 is 20.1 Å². The van der Waals surface area contributed by atoms with Gasteiger partial charge in [-0.05, 0) is 60.2 Å². The molecule has 5 aromatic rings. The highest BCUT2D eigenvalue weighted by Crippen LogP contribution is 2.40. The summed E-state index contributed by atoms with van der Waals surface area (Å²) in [5, 5.41) is 26.9. The summed E-state index contributed by atoms with van der Waals surface area (Å²) in [5.41, 5.74) is 3.21. The second-order valence-corrected chi connectivity index (χ2v) is 11.6. The first-order valence-corrected chi connectivity index (χ1v) is 15.9. The van der Waals surface area contributed by atoms with Gasteiger partial charge >= 0.3 is 0 Å². The predicted molar refractivity (Wildman–Crippen MR) is 188 cm³/mol. The number of methoxy groups -OCH3 is 1. The zero-order valence-corrected chi connectivity index (χ0v) is 27.6. The van der Waals surface area contributed by atoms with Crippen molar-refractivity contribution in [1.82, 2.24) is 10.2 Å². The molecule has 2 aliphatic heterocycles. The highest BCUT2D eigenvalue weighted by molar-refractivity contribution is 6.22. The van der Waals surface area contributed by atoms with Crippen LogP contribution in [0.2, 0.25) is 0 Å². The summed E-state index contributed by atoms with van der Waals surface area (Å²) >= 11 is 0. The fourth-order valence-electron chi connectivity index (χ4n) is 5.78. The lowest BCUT2D eigenvalue weighted by Gasteiger charge is -2.25. The number of amides is 4. The van der Waals surface area contributed by atoms with Crippen LogP contribution in [0.4, 0.5) is 11.4 Å². The van der Waals surface area contributed by atoms with E-state index in [0.717, 1.165) is 10.5 Å². The Morgan fingerprint density at radius 3 is 1.88 bits per heavy atom. The maximum absolute atomic E-state index is 13.2. The molecule has 0 saturated carbocycles. The molecule has 0 spiro atoms. The maximum atomic E-state index is 13.2. The summed E-state index contributed by atoms with van der Waals surface area (Å²) in [7, 11) is 1.42. The second-order valence-electron chi connectivity index (χ2n) is 11.6. The monoisotopic (exact) mass is 695 g/mol. The first-order valence-electron chi connectivity index (χ1n) is 15.9. The molecule has 2 aliphatic rings. The first kappa shape index (κ1) is 34.5.